The molecule has 0 bridgehead atoms. The van der Waals surface area contributed by atoms with Crippen LogP contribution in [0.15, 0.2) is 30.5 Å². The van der Waals surface area contributed by atoms with E-state index in [2.05, 4.69) is 32.3 Å². The quantitative estimate of drug-likeness (QED) is 0.900. The third kappa shape index (κ3) is 3.91. The number of rotatable bonds is 5. The summed E-state index contributed by atoms with van der Waals surface area (Å²) < 4.78 is 0. The van der Waals surface area contributed by atoms with Gasteiger partial charge in [0.05, 0.1) is 6.20 Å². The summed E-state index contributed by atoms with van der Waals surface area (Å²) in [6.07, 6.45) is 6.45. The molecule has 6 heteroatoms. The van der Waals surface area contributed by atoms with Crippen molar-refractivity contribution in [2.24, 2.45) is 0 Å². The standard InChI is InChI=1S/C17H22ClN5/c1-2-14-8-5-6-10-23(14)17-21-16(12-20-22-17)19-11-13-7-3-4-9-15(13)18/h3-4,7,9,12,14H,2,5-6,8,10-11H2,1H3,(H,19,21,22). The van der Waals surface area contributed by atoms with E-state index in [0.29, 0.717) is 12.6 Å². The van der Waals surface area contributed by atoms with Crippen LogP contribution in [-0.4, -0.2) is 27.8 Å². The van der Waals surface area contributed by atoms with Crippen molar-refractivity contribution in [3.05, 3.63) is 41.0 Å². The number of benzene rings is 1. The first kappa shape index (κ1) is 16.0. The molecule has 0 amide bonds. The van der Waals surface area contributed by atoms with Gasteiger partial charge in [-0.15, -0.1) is 5.10 Å². The van der Waals surface area contributed by atoms with Gasteiger partial charge in [-0.2, -0.15) is 10.1 Å². The maximum Gasteiger partial charge on any atom is 0.247 e. The van der Waals surface area contributed by atoms with Crippen molar-refractivity contribution < 1.29 is 0 Å². The second kappa shape index (κ2) is 7.59. The second-order valence-electron chi connectivity index (χ2n) is 5.84. The van der Waals surface area contributed by atoms with Crippen molar-refractivity contribution in [2.45, 2.75) is 45.2 Å². The summed E-state index contributed by atoms with van der Waals surface area (Å²) in [6.45, 7) is 3.85. The zero-order valence-electron chi connectivity index (χ0n) is 13.4. The molecular formula is C17H22ClN5. The maximum atomic E-state index is 6.18. The van der Waals surface area contributed by atoms with Crippen LogP contribution in [0, 0.1) is 0 Å². The number of anilines is 2. The minimum Gasteiger partial charge on any atom is -0.364 e. The van der Waals surface area contributed by atoms with Crippen LogP contribution in [0.25, 0.3) is 0 Å². The van der Waals surface area contributed by atoms with Gasteiger partial charge >= 0.3 is 0 Å². The lowest BCUT2D eigenvalue weighted by molar-refractivity contribution is 0.441. The molecule has 1 aromatic heterocycles. The summed E-state index contributed by atoms with van der Waals surface area (Å²) in [4.78, 5) is 6.93. The zero-order chi connectivity index (χ0) is 16.1. The van der Waals surface area contributed by atoms with E-state index in [-0.39, 0.29) is 0 Å². The lowest BCUT2D eigenvalue weighted by Crippen LogP contribution is -2.40. The molecule has 1 atom stereocenters. The smallest absolute Gasteiger partial charge is 0.247 e. The lowest BCUT2D eigenvalue weighted by atomic mass is 10.0. The Hall–Kier alpha value is -1.88. The van der Waals surface area contributed by atoms with Crippen molar-refractivity contribution in [1.29, 1.82) is 0 Å². The average molecular weight is 332 g/mol. The Labute approximate surface area is 142 Å². The van der Waals surface area contributed by atoms with E-state index in [0.717, 1.165) is 35.3 Å². The van der Waals surface area contributed by atoms with Crippen molar-refractivity contribution in [3.8, 4) is 0 Å². The monoisotopic (exact) mass is 331 g/mol. The molecule has 0 aliphatic carbocycles. The molecule has 122 valence electrons. The highest BCUT2D eigenvalue weighted by atomic mass is 35.5. The summed E-state index contributed by atoms with van der Waals surface area (Å²) in [7, 11) is 0. The summed E-state index contributed by atoms with van der Waals surface area (Å²) >= 11 is 6.18. The van der Waals surface area contributed by atoms with Crippen molar-refractivity contribution in [1.82, 2.24) is 15.2 Å². The van der Waals surface area contributed by atoms with Crippen LogP contribution < -0.4 is 10.2 Å². The van der Waals surface area contributed by atoms with Crippen molar-refractivity contribution >= 4 is 23.4 Å². The summed E-state index contributed by atoms with van der Waals surface area (Å²) in [5, 5.41) is 12.4. The predicted octanol–water partition coefficient (Wildman–Crippen LogP) is 3.91. The molecule has 1 N–H and O–H groups in total. The highest BCUT2D eigenvalue weighted by Gasteiger charge is 2.23. The molecule has 1 saturated heterocycles. The van der Waals surface area contributed by atoms with Gasteiger partial charge in [-0.05, 0) is 37.3 Å². The number of halogens is 1. The Morgan fingerprint density at radius 3 is 3.00 bits per heavy atom. The molecule has 0 radical (unpaired) electrons. The Kier molecular flexibility index (Phi) is 5.28. The maximum absolute atomic E-state index is 6.18. The van der Waals surface area contributed by atoms with Crippen molar-refractivity contribution in [2.75, 3.05) is 16.8 Å². The highest BCUT2D eigenvalue weighted by Crippen LogP contribution is 2.24. The van der Waals surface area contributed by atoms with Crippen molar-refractivity contribution in [3.63, 3.8) is 0 Å². The van der Waals surface area contributed by atoms with Crippen LogP contribution in [0.2, 0.25) is 5.02 Å². The van der Waals surface area contributed by atoms with E-state index in [1.807, 2.05) is 24.3 Å². The first-order valence-corrected chi connectivity index (χ1v) is 8.59. The van der Waals surface area contributed by atoms with Crippen LogP contribution in [-0.2, 0) is 6.54 Å². The number of hydrogen-bond donors (Lipinski definition) is 1. The minimum atomic E-state index is 0.518. The molecular weight excluding hydrogens is 310 g/mol. The summed E-state index contributed by atoms with van der Waals surface area (Å²) in [5.41, 5.74) is 1.04. The Bertz CT molecular complexity index is 648. The fourth-order valence-corrected chi connectivity index (χ4v) is 3.22. The average Bonchev–Trinajstić information content (AvgIpc) is 2.61. The van der Waals surface area contributed by atoms with Crippen LogP contribution in [0.4, 0.5) is 11.8 Å². The van der Waals surface area contributed by atoms with Gasteiger partial charge in [-0.25, -0.2) is 0 Å². The molecule has 1 aromatic carbocycles. The molecule has 0 spiro atoms. The summed E-state index contributed by atoms with van der Waals surface area (Å²) in [5.74, 6) is 1.45. The normalized spacial score (nSPS) is 18.0. The van der Waals surface area contributed by atoms with Gasteiger partial charge in [0.1, 0.15) is 0 Å². The van der Waals surface area contributed by atoms with Gasteiger partial charge in [-0.3, -0.25) is 0 Å². The molecule has 1 fully saturated rings. The minimum absolute atomic E-state index is 0.518. The van der Waals surface area contributed by atoms with Gasteiger partial charge < -0.3 is 10.2 Å². The third-order valence-electron chi connectivity index (χ3n) is 4.32. The molecule has 2 aromatic rings. The Balaban J connectivity index is 1.71. The van der Waals surface area contributed by atoms with Gasteiger partial charge in [-0.1, -0.05) is 36.7 Å². The molecule has 1 aliphatic rings. The number of hydrogen-bond acceptors (Lipinski definition) is 5. The fraction of sp³-hybridized carbons (Fsp3) is 0.471. The highest BCUT2D eigenvalue weighted by molar-refractivity contribution is 6.31. The third-order valence-corrected chi connectivity index (χ3v) is 4.69. The topological polar surface area (TPSA) is 53.9 Å². The fourth-order valence-electron chi connectivity index (χ4n) is 3.02. The van der Waals surface area contributed by atoms with Crippen LogP contribution in [0.1, 0.15) is 38.2 Å². The predicted molar refractivity (Wildman–Crippen MR) is 93.9 cm³/mol. The van der Waals surface area contributed by atoms with E-state index in [1.165, 1.54) is 19.3 Å². The number of aromatic nitrogens is 3. The molecule has 0 saturated carbocycles. The van der Waals surface area contributed by atoms with Crippen LogP contribution in [0.5, 0.6) is 0 Å². The van der Waals surface area contributed by atoms with E-state index in [1.54, 1.807) is 6.20 Å². The van der Waals surface area contributed by atoms with E-state index >= 15 is 0 Å². The zero-order valence-corrected chi connectivity index (χ0v) is 14.1. The first-order chi connectivity index (χ1) is 11.3. The van der Waals surface area contributed by atoms with Gasteiger partial charge in [0, 0.05) is 24.2 Å². The number of piperidine rings is 1. The number of nitrogens with zero attached hydrogens (tertiary/aromatic N) is 4. The molecule has 5 nitrogen and oxygen atoms in total. The molecule has 1 unspecified atom stereocenters. The van der Waals surface area contributed by atoms with E-state index in [4.69, 9.17) is 11.6 Å². The Morgan fingerprint density at radius 1 is 1.30 bits per heavy atom. The SMILES string of the molecule is CCC1CCCCN1c1nncc(NCc2ccccc2Cl)n1. The Morgan fingerprint density at radius 2 is 2.17 bits per heavy atom. The lowest BCUT2D eigenvalue weighted by Gasteiger charge is -2.34. The van der Waals surface area contributed by atoms with Gasteiger partial charge in [0.25, 0.3) is 0 Å². The largest absolute Gasteiger partial charge is 0.364 e. The molecule has 1 aliphatic heterocycles. The number of nitrogens with one attached hydrogen (secondary N) is 1. The van der Waals surface area contributed by atoms with Crippen LogP contribution in [0.3, 0.4) is 0 Å². The second-order valence-corrected chi connectivity index (χ2v) is 6.25. The van der Waals surface area contributed by atoms with Gasteiger partial charge in [0.2, 0.25) is 5.95 Å². The molecule has 3 rings (SSSR count). The summed E-state index contributed by atoms with van der Waals surface area (Å²) in [6, 6.07) is 8.32. The van der Waals surface area contributed by atoms with Gasteiger partial charge in [0.15, 0.2) is 5.82 Å². The molecule has 23 heavy (non-hydrogen) atoms. The van der Waals surface area contributed by atoms with E-state index in [9.17, 15) is 0 Å². The molecule has 2 heterocycles. The van der Waals surface area contributed by atoms with E-state index < -0.39 is 0 Å². The first-order valence-electron chi connectivity index (χ1n) is 8.21. The van der Waals surface area contributed by atoms with Crippen LogP contribution >= 0.6 is 11.6 Å².